The van der Waals surface area contributed by atoms with Crippen LogP contribution in [-0.2, 0) is 25.1 Å². The van der Waals surface area contributed by atoms with Crippen molar-refractivity contribution in [2.24, 2.45) is 0 Å². The number of carbonyl (C=O) groups is 1. The molecule has 0 spiro atoms. The fourth-order valence-electron chi connectivity index (χ4n) is 2.94. The third kappa shape index (κ3) is 5.04. The molecule has 0 aromatic heterocycles. The van der Waals surface area contributed by atoms with Crippen LogP contribution in [0.5, 0.6) is 0 Å². The van der Waals surface area contributed by atoms with Crippen LogP contribution in [-0.4, -0.2) is 51.3 Å². The van der Waals surface area contributed by atoms with Crippen molar-refractivity contribution >= 4 is 15.7 Å². The highest BCUT2D eigenvalue weighted by Crippen LogP contribution is 2.19. The number of nitrogens with zero attached hydrogens (tertiary/aromatic N) is 1. The number of morpholine rings is 1. The van der Waals surface area contributed by atoms with E-state index < -0.39 is 9.84 Å². The highest BCUT2D eigenvalue weighted by molar-refractivity contribution is 7.90. The predicted molar refractivity (Wildman–Crippen MR) is 90.2 cm³/mol. The van der Waals surface area contributed by atoms with E-state index in [1.165, 1.54) is 0 Å². The zero-order chi connectivity index (χ0) is 17.0. The lowest BCUT2D eigenvalue weighted by Crippen LogP contribution is -2.41. The maximum atomic E-state index is 12.4. The van der Waals surface area contributed by atoms with Gasteiger partial charge in [-0.3, -0.25) is 4.79 Å². The molecule has 1 amide bonds. The maximum absolute atomic E-state index is 12.4. The summed E-state index contributed by atoms with van der Waals surface area (Å²) in [7, 11) is -3.30. The van der Waals surface area contributed by atoms with E-state index in [1.54, 1.807) is 4.90 Å². The number of carbonyl (C=O) groups excluding carboxylic acids is 1. The van der Waals surface area contributed by atoms with E-state index in [1.807, 2.05) is 32.9 Å². The van der Waals surface area contributed by atoms with Gasteiger partial charge in [-0.25, -0.2) is 8.42 Å². The van der Waals surface area contributed by atoms with E-state index in [0.29, 0.717) is 26.3 Å². The van der Waals surface area contributed by atoms with Gasteiger partial charge in [-0.1, -0.05) is 17.7 Å². The number of hydrogen-bond acceptors (Lipinski definition) is 4. The van der Waals surface area contributed by atoms with E-state index in [9.17, 15) is 13.2 Å². The van der Waals surface area contributed by atoms with Crippen molar-refractivity contribution in [2.45, 2.75) is 32.9 Å². The van der Waals surface area contributed by atoms with Crippen LogP contribution in [0.3, 0.4) is 0 Å². The van der Waals surface area contributed by atoms with Gasteiger partial charge in [0.15, 0.2) is 9.84 Å². The number of hydrogen-bond donors (Lipinski definition) is 0. The molecule has 0 unspecified atom stereocenters. The Kier molecular flexibility index (Phi) is 5.81. The van der Waals surface area contributed by atoms with Gasteiger partial charge in [0.25, 0.3) is 0 Å². The Bertz CT molecular complexity index is 653. The lowest BCUT2D eigenvalue weighted by atomic mass is 10.0. The Labute approximate surface area is 138 Å². The highest BCUT2D eigenvalue weighted by Gasteiger charge is 2.21. The summed E-state index contributed by atoms with van der Waals surface area (Å²) in [6, 6.07) is 3.99. The van der Waals surface area contributed by atoms with Gasteiger partial charge in [-0.05, 0) is 37.5 Å². The Morgan fingerprint density at radius 2 is 1.70 bits per heavy atom. The molecule has 0 saturated carbocycles. The highest BCUT2D eigenvalue weighted by atomic mass is 32.2. The van der Waals surface area contributed by atoms with Gasteiger partial charge in [0.1, 0.15) is 0 Å². The molecule has 1 aliphatic rings. The SMILES string of the molecule is Cc1cc(C)c(CS(=O)(=O)CCC(=O)N2CCOCC2)c(C)c1. The molecule has 0 radical (unpaired) electrons. The minimum atomic E-state index is -3.30. The van der Waals surface area contributed by atoms with Crippen molar-refractivity contribution < 1.29 is 17.9 Å². The standard InChI is InChI=1S/C17H25NO4S/c1-13-10-14(2)16(15(3)11-13)12-23(20,21)9-4-17(19)18-5-7-22-8-6-18/h10-11H,4-9,12H2,1-3H3. The van der Waals surface area contributed by atoms with Crippen LogP contribution in [0.15, 0.2) is 12.1 Å². The molecule has 1 heterocycles. The van der Waals surface area contributed by atoms with E-state index in [4.69, 9.17) is 4.74 Å². The molecule has 0 aliphatic carbocycles. The Balaban J connectivity index is 1.98. The number of benzene rings is 1. The van der Waals surface area contributed by atoms with Gasteiger partial charge in [-0.15, -0.1) is 0 Å². The molecular weight excluding hydrogens is 314 g/mol. The molecule has 1 aromatic rings. The molecule has 6 heteroatoms. The summed E-state index contributed by atoms with van der Waals surface area (Å²) in [5.41, 5.74) is 3.97. The second-order valence-corrected chi connectivity index (χ2v) is 8.40. The number of amides is 1. The third-order valence-corrected chi connectivity index (χ3v) is 5.75. The van der Waals surface area contributed by atoms with Crippen molar-refractivity contribution in [2.75, 3.05) is 32.1 Å². The first-order valence-electron chi connectivity index (χ1n) is 7.91. The fourth-order valence-corrected chi connectivity index (χ4v) is 4.47. The second-order valence-electron chi connectivity index (χ2n) is 6.21. The summed E-state index contributed by atoms with van der Waals surface area (Å²) < 4.78 is 30.0. The van der Waals surface area contributed by atoms with E-state index >= 15 is 0 Å². The van der Waals surface area contributed by atoms with Gasteiger partial charge >= 0.3 is 0 Å². The molecule has 5 nitrogen and oxygen atoms in total. The fraction of sp³-hybridized carbons (Fsp3) is 0.588. The topological polar surface area (TPSA) is 63.7 Å². The van der Waals surface area contributed by atoms with Crippen molar-refractivity contribution in [1.82, 2.24) is 4.90 Å². The molecule has 1 aliphatic heterocycles. The molecule has 1 aromatic carbocycles. The molecule has 1 fully saturated rings. The first-order chi connectivity index (χ1) is 10.8. The summed E-state index contributed by atoms with van der Waals surface area (Å²) in [6.07, 6.45) is 0.0479. The normalized spacial score (nSPS) is 15.7. The minimum Gasteiger partial charge on any atom is -0.378 e. The average molecular weight is 339 g/mol. The Hall–Kier alpha value is -1.40. The zero-order valence-corrected chi connectivity index (χ0v) is 14.9. The minimum absolute atomic E-state index is 0.00133. The molecule has 0 atom stereocenters. The van der Waals surface area contributed by atoms with E-state index in [0.717, 1.165) is 22.3 Å². The van der Waals surface area contributed by atoms with Crippen LogP contribution in [0.4, 0.5) is 0 Å². The largest absolute Gasteiger partial charge is 0.378 e. The van der Waals surface area contributed by atoms with Crippen molar-refractivity contribution in [3.8, 4) is 0 Å². The number of sulfone groups is 1. The predicted octanol–water partition coefficient (Wildman–Crippen LogP) is 1.78. The van der Waals surface area contributed by atoms with Crippen molar-refractivity contribution in [1.29, 1.82) is 0 Å². The molecule has 1 saturated heterocycles. The lowest BCUT2D eigenvalue weighted by Gasteiger charge is -2.26. The monoisotopic (exact) mass is 339 g/mol. The third-order valence-electron chi connectivity index (χ3n) is 4.20. The lowest BCUT2D eigenvalue weighted by molar-refractivity contribution is -0.134. The van der Waals surface area contributed by atoms with E-state index in [2.05, 4.69) is 0 Å². The molecule has 0 N–H and O–H groups in total. The van der Waals surface area contributed by atoms with E-state index in [-0.39, 0.29) is 23.8 Å². The van der Waals surface area contributed by atoms with Crippen LogP contribution in [0.2, 0.25) is 0 Å². The first-order valence-corrected chi connectivity index (χ1v) is 9.73. The molecule has 2 rings (SSSR count). The van der Waals surface area contributed by atoms with Gasteiger partial charge in [-0.2, -0.15) is 0 Å². The quantitative estimate of drug-likeness (QED) is 0.820. The summed E-state index contributed by atoms with van der Waals surface area (Å²) in [4.78, 5) is 13.8. The smallest absolute Gasteiger partial charge is 0.223 e. The van der Waals surface area contributed by atoms with Crippen LogP contribution in [0.25, 0.3) is 0 Å². The van der Waals surface area contributed by atoms with Gasteiger partial charge in [0.2, 0.25) is 5.91 Å². The van der Waals surface area contributed by atoms with Crippen molar-refractivity contribution in [3.63, 3.8) is 0 Å². The van der Waals surface area contributed by atoms with Crippen LogP contribution >= 0.6 is 0 Å². The molecule has 0 bridgehead atoms. The zero-order valence-electron chi connectivity index (χ0n) is 14.1. The average Bonchev–Trinajstić information content (AvgIpc) is 2.49. The first kappa shape index (κ1) is 17.9. The van der Waals surface area contributed by atoms with Gasteiger partial charge in [0, 0.05) is 19.5 Å². The molecular formula is C17H25NO4S. The summed E-state index contributed by atoms with van der Waals surface area (Å²) in [6.45, 7) is 8.03. The maximum Gasteiger partial charge on any atom is 0.223 e. The number of ether oxygens (including phenoxy) is 1. The molecule has 23 heavy (non-hydrogen) atoms. The van der Waals surface area contributed by atoms with Crippen molar-refractivity contribution in [3.05, 3.63) is 34.4 Å². The van der Waals surface area contributed by atoms with Crippen LogP contribution < -0.4 is 0 Å². The van der Waals surface area contributed by atoms with Crippen LogP contribution in [0.1, 0.15) is 28.7 Å². The molecule has 128 valence electrons. The van der Waals surface area contributed by atoms with Crippen LogP contribution in [0, 0.1) is 20.8 Å². The summed E-state index contributed by atoms with van der Waals surface area (Å²) in [5.74, 6) is -0.202. The Morgan fingerprint density at radius 3 is 2.26 bits per heavy atom. The summed E-state index contributed by atoms with van der Waals surface area (Å²) >= 11 is 0. The summed E-state index contributed by atoms with van der Waals surface area (Å²) in [5, 5.41) is 0. The number of rotatable bonds is 5. The van der Waals surface area contributed by atoms with Gasteiger partial charge in [0.05, 0.1) is 24.7 Å². The Morgan fingerprint density at radius 1 is 1.13 bits per heavy atom. The second kappa shape index (κ2) is 7.45. The number of aryl methyl sites for hydroxylation is 3. The van der Waals surface area contributed by atoms with Gasteiger partial charge < -0.3 is 9.64 Å².